The van der Waals surface area contributed by atoms with Gasteiger partial charge in [0.2, 0.25) is 0 Å². The van der Waals surface area contributed by atoms with Crippen LogP contribution in [0.3, 0.4) is 0 Å². The van der Waals surface area contributed by atoms with E-state index in [4.69, 9.17) is 11.6 Å². The zero-order valence-corrected chi connectivity index (χ0v) is 19.0. The van der Waals surface area contributed by atoms with Crippen molar-refractivity contribution in [2.75, 3.05) is 0 Å². The normalized spacial score (nSPS) is 11.3. The van der Waals surface area contributed by atoms with E-state index in [9.17, 15) is 13.2 Å². The molecular weight excluding hydrogens is 448 g/mol. The Morgan fingerprint density at radius 3 is 2.12 bits per heavy atom. The summed E-state index contributed by atoms with van der Waals surface area (Å²) >= 11 is 5.52. The predicted molar refractivity (Wildman–Crippen MR) is 127 cm³/mol. The van der Waals surface area contributed by atoms with Gasteiger partial charge in [0.05, 0.1) is 0 Å². The van der Waals surface area contributed by atoms with Gasteiger partial charge in [-0.05, 0) is 77.6 Å². The highest BCUT2D eigenvalue weighted by Crippen LogP contribution is 2.30. The monoisotopic (exact) mass is 470 g/mol. The number of unbranched alkanes of at least 4 members (excludes halogenated alkanes) is 1. The molecule has 0 aliphatic heterocycles. The summed E-state index contributed by atoms with van der Waals surface area (Å²) in [4.78, 5) is 0. The van der Waals surface area contributed by atoms with Gasteiger partial charge in [-0.2, -0.15) is 0 Å². The molecule has 4 rings (SSSR count). The lowest BCUT2D eigenvalue weighted by atomic mass is 9.96. The van der Waals surface area contributed by atoms with E-state index < -0.39 is 16.7 Å². The molecule has 0 radical (unpaired) electrons. The molecule has 0 unspecified atom stereocenters. The van der Waals surface area contributed by atoms with Crippen molar-refractivity contribution in [3.63, 3.8) is 0 Å². The first-order valence-electron chi connectivity index (χ1n) is 11.0. The second-order valence-electron chi connectivity index (χ2n) is 8.27. The Bertz CT molecular complexity index is 1290. The lowest BCUT2D eigenvalue weighted by Crippen LogP contribution is -1.98. The molecule has 33 heavy (non-hydrogen) atoms. The van der Waals surface area contributed by atoms with Gasteiger partial charge in [0.15, 0.2) is 0 Å². The summed E-state index contributed by atoms with van der Waals surface area (Å²) < 4.78 is 57.2. The lowest BCUT2D eigenvalue weighted by Gasteiger charge is -2.11. The molecule has 4 aromatic carbocycles. The van der Waals surface area contributed by atoms with Gasteiger partial charge in [0, 0.05) is 10.9 Å². The molecule has 0 aromatic heterocycles. The van der Waals surface area contributed by atoms with Crippen LogP contribution in [0.15, 0.2) is 60.7 Å². The van der Waals surface area contributed by atoms with Gasteiger partial charge in [0.1, 0.15) is 28.3 Å². The summed E-state index contributed by atoms with van der Waals surface area (Å²) in [5.41, 5.74) is 2.98. The zero-order valence-electron chi connectivity index (χ0n) is 18.2. The first-order valence-corrected chi connectivity index (χ1v) is 11.4. The fraction of sp³-hybridized carbons (Fsp3) is 0.214. The second kappa shape index (κ2) is 9.96. The minimum Gasteiger partial charge on any atom is -0.206 e. The Labute approximate surface area is 195 Å². The van der Waals surface area contributed by atoms with Crippen molar-refractivity contribution in [2.24, 2.45) is 0 Å². The summed E-state index contributed by atoms with van der Waals surface area (Å²) in [6, 6.07) is 16.2. The number of aryl methyl sites for hydroxylation is 3. The van der Waals surface area contributed by atoms with Crippen LogP contribution in [0.5, 0.6) is 0 Å². The largest absolute Gasteiger partial charge is 0.206 e. The third-order valence-corrected chi connectivity index (χ3v) is 6.29. The van der Waals surface area contributed by atoms with Crippen LogP contribution in [-0.4, -0.2) is 0 Å². The van der Waals surface area contributed by atoms with Crippen LogP contribution in [0, 0.1) is 23.3 Å². The van der Waals surface area contributed by atoms with E-state index in [0.717, 1.165) is 24.8 Å². The first kappa shape index (κ1) is 23.3. The molecule has 0 nitrogen and oxygen atoms in total. The second-order valence-corrected chi connectivity index (χ2v) is 8.64. The van der Waals surface area contributed by atoms with E-state index in [0.29, 0.717) is 33.0 Å². The Hall–Kier alpha value is -2.85. The number of halogens is 5. The van der Waals surface area contributed by atoms with Crippen molar-refractivity contribution in [2.45, 2.75) is 39.0 Å². The number of hydrogen-bond acceptors (Lipinski definition) is 0. The van der Waals surface area contributed by atoms with Crippen LogP contribution in [0.1, 0.15) is 36.5 Å². The molecule has 0 saturated carbocycles. The average molecular weight is 471 g/mol. The van der Waals surface area contributed by atoms with E-state index in [1.54, 1.807) is 42.5 Å². The standard InChI is InChI=1S/C28H23ClF4/c1-2-3-4-17-6-11-22(24(30)13-17)20-10-12-23-21(16-20)9-8-19(28(23)33)7-5-18-14-25(31)27(29)26(32)15-18/h6,8-16H,2-5,7H2,1H3. The molecule has 0 atom stereocenters. The Morgan fingerprint density at radius 1 is 0.697 bits per heavy atom. The predicted octanol–water partition coefficient (Wildman–Crippen LogP) is 8.84. The van der Waals surface area contributed by atoms with Crippen molar-refractivity contribution in [1.82, 2.24) is 0 Å². The van der Waals surface area contributed by atoms with Gasteiger partial charge in [-0.25, -0.2) is 17.6 Å². The highest BCUT2D eigenvalue weighted by Gasteiger charge is 2.13. The molecule has 0 N–H and O–H groups in total. The van der Waals surface area contributed by atoms with Crippen LogP contribution in [0.4, 0.5) is 17.6 Å². The van der Waals surface area contributed by atoms with Crippen LogP contribution in [0.2, 0.25) is 5.02 Å². The number of benzene rings is 4. The molecule has 0 aliphatic rings. The van der Waals surface area contributed by atoms with Gasteiger partial charge in [-0.15, -0.1) is 0 Å². The first-order chi connectivity index (χ1) is 15.9. The minimum atomic E-state index is -0.830. The van der Waals surface area contributed by atoms with Gasteiger partial charge in [-0.3, -0.25) is 0 Å². The molecular formula is C28H23ClF4. The van der Waals surface area contributed by atoms with Crippen molar-refractivity contribution >= 4 is 22.4 Å². The van der Waals surface area contributed by atoms with Crippen molar-refractivity contribution < 1.29 is 17.6 Å². The molecule has 0 amide bonds. The molecule has 0 aliphatic carbocycles. The average Bonchev–Trinajstić information content (AvgIpc) is 2.80. The molecule has 5 heteroatoms. The zero-order chi connectivity index (χ0) is 23.5. The van der Waals surface area contributed by atoms with Gasteiger partial charge < -0.3 is 0 Å². The van der Waals surface area contributed by atoms with Crippen LogP contribution >= 0.6 is 11.6 Å². The van der Waals surface area contributed by atoms with Gasteiger partial charge in [-0.1, -0.05) is 61.3 Å². The molecule has 170 valence electrons. The van der Waals surface area contributed by atoms with E-state index >= 15 is 4.39 Å². The van der Waals surface area contributed by atoms with E-state index in [1.807, 2.05) is 6.07 Å². The van der Waals surface area contributed by atoms with E-state index in [2.05, 4.69) is 6.92 Å². The Kier molecular flexibility index (Phi) is 7.04. The highest BCUT2D eigenvalue weighted by molar-refractivity contribution is 6.30. The smallest absolute Gasteiger partial charge is 0.145 e. The summed E-state index contributed by atoms with van der Waals surface area (Å²) in [5.74, 6) is -2.33. The topological polar surface area (TPSA) is 0 Å². The van der Waals surface area contributed by atoms with Crippen molar-refractivity contribution in [3.05, 3.63) is 106 Å². The lowest BCUT2D eigenvalue weighted by molar-refractivity contribution is 0.579. The molecule has 0 saturated heterocycles. The van der Waals surface area contributed by atoms with Gasteiger partial charge in [0.25, 0.3) is 0 Å². The summed E-state index contributed by atoms with van der Waals surface area (Å²) in [6.45, 7) is 2.10. The van der Waals surface area contributed by atoms with E-state index in [-0.39, 0.29) is 24.5 Å². The van der Waals surface area contributed by atoms with Crippen LogP contribution in [0.25, 0.3) is 21.9 Å². The SMILES string of the molecule is CCCCc1ccc(-c2ccc3c(F)c(CCc4cc(F)c(Cl)c(F)c4)ccc3c2)c(F)c1. The van der Waals surface area contributed by atoms with Crippen molar-refractivity contribution in [1.29, 1.82) is 0 Å². The maximum absolute atomic E-state index is 15.1. The van der Waals surface area contributed by atoms with Crippen LogP contribution in [-0.2, 0) is 19.3 Å². The van der Waals surface area contributed by atoms with Gasteiger partial charge >= 0.3 is 0 Å². The maximum atomic E-state index is 15.1. The third-order valence-electron chi connectivity index (χ3n) is 5.92. The third kappa shape index (κ3) is 5.06. The maximum Gasteiger partial charge on any atom is 0.145 e. The fourth-order valence-electron chi connectivity index (χ4n) is 4.06. The number of fused-ring (bicyclic) bond motifs is 1. The Balaban J connectivity index is 1.58. The molecule has 0 bridgehead atoms. The van der Waals surface area contributed by atoms with Crippen LogP contribution < -0.4 is 0 Å². The highest BCUT2D eigenvalue weighted by atomic mass is 35.5. The van der Waals surface area contributed by atoms with E-state index in [1.165, 1.54) is 12.1 Å². The Morgan fingerprint density at radius 2 is 1.42 bits per heavy atom. The summed E-state index contributed by atoms with van der Waals surface area (Å²) in [7, 11) is 0. The fourth-order valence-corrected chi connectivity index (χ4v) is 4.17. The number of hydrogen-bond donors (Lipinski definition) is 0. The number of rotatable bonds is 7. The molecule has 0 heterocycles. The van der Waals surface area contributed by atoms with Crippen molar-refractivity contribution in [3.8, 4) is 11.1 Å². The quantitative estimate of drug-likeness (QED) is 0.187. The summed E-state index contributed by atoms with van der Waals surface area (Å²) in [6.07, 6.45) is 3.45. The molecule has 0 fully saturated rings. The minimum absolute atomic E-state index is 0.265. The summed E-state index contributed by atoms with van der Waals surface area (Å²) in [5, 5.41) is 0.537. The molecule has 4 aromatic rings. The molecule has 0 spiro atoms.